The van der Waals surface area contributed by atoms with E-state index in [0.717, 1.165) is 11.1 Å². The van der Waals surface area contributed by atoms with Crippen LogP contribution in [0.5, 0.6) is 0 Å². The molecule has 110 valence electrons. The Morgan fingerprint density at radius 2 is 1.71 bits per heavy atom. The third-order valence-corrected chi connectivity index (χ3v) is 4.72. The van der Waals surface area contributed by atoms with Gasteiger partial charge in [0.05, 0.1) is 10.9 Å². The van der Waals surface area contributed by atoms with E-state index in [0.29, 0.717) is 6.42 Å². The fourth-order valence-corrected chi connectivity index (χ4v) is 3.31. The molecule has 0 aromatic heterocycles. The van der Waals surface area contributed by atoms with Gasteiger partial charge >= 0.3 is 0 Å². The minimum Gasteiger partial charge on any atom is -0.207 e. The summed E-state index contributed by atoms with van der Waals surface area (Å²) < 4.78 is 27.7. The van der Waals surface area contributed by atoms with E-state index in [1.54, 1.807) is 30.3 Å². The van der Waals surface area contributed by atoms with Crippen LogP contribution in [0.25, 0.3) is 0 Å². The van der Waals surface area contributed by atoms with E-state index in [-0.39, 0.29) is 10.9 Å². The van der Waals surface area contributed by atoms with E-state index >= 15 is 0 Å². The molecule has 2 aromatic rings. The zero-order chi connectivity index (χ0) is 15.3. The van der Waals surface area contributed by atoms with Crippen LogP contribution in [0.2, 0.25) is 0 Å². The smallest absolute Gasteiger partial charge is 0.207 e. The highest BCUT2D eigenvalue weighted by molar-refractivity contribution is 7.89. The van der Waals surface area contributed by atoms with Gasteiger partial charge in [0.25, 0.3) is 0 Å². The Labute approximate surface area is 126 Å². The lowest BCUT2D eigenvalue weighted by Gasteiger charge is -2.18. The highest BCUT2D eigenvalue weighted by Gasteiger charge is 2.20. The van der Waals surface area contributed by atoms with Crippen LogP contribution in [0.3, 0.4) is 0 Å². The molecule has 21 heavy (non-hydrogen) atoms. The number of rotatable bonds is 6. The minimum absolute atomic E-state index is 0.276. The maximum Gasteiger partial charge on any atom is 0.241 e. The molecule has 0 saturated carbocycles. The van der Waals surface area contributed by atoms with Crippen molar-refractivity contribution in [1.82, 2.24) is 4.72 Å². The Hall–Kier alpha value is -1.91. The van der Waals surface area contributed by atoms with E-state index in [4.69, 9.17) is 0 Å². The fraction of sp³-hybridized carbons (Fsp3) is 0.176. The SMILES string of the molecule is C=CCC(NS(=O)(=O)c1ccc(C)cc1)c1ccccc1. The highest BCUT2D eigenvalue weighted by atomic mass is 32.2. The molecule has 4 heteroatoms. The molecule has 1 N–H and O–H groups in total. The summed E-state index contributed by atoms with van der Waals surface area (Å²) in [5, 5.41) is 0. The molecule has 0 aliphatic heterocycles. The molecule has 0 radical (unpaired) electrons. The van der Waals surface area contributed by atoms with Crippen molar-refractivity contribution in [2.75, 3.05) is 0 Å². The Morgan fingerprint density at radius 3 is 2.29 bits per heavy atom. The summed E-state index contributed by atoms with van der Waals surface area (Å²) in [5.74, 6) is 0. The molecule has 3 nitrogen and oxygen atoms in total. The average Bonchev–Trinajstić information content (AvgIpc) is 2.48. The summed E-state index contributed by atoms with van der Waals surface area (Å²) in [6.45, 7) is 5.63. The minimum atomic E-state index is -3.54. The number of sulfonamides is 1. The second-order valence-corrected chi connectivity index (χ2v) is 6.64. The molecule has 2 aromatic carbocycles. The molecule has 0 aliphatic rings. The number of nitrogens with one attached hydrogen (secondary N) is 1. The molecule has 0 bridgehead atoms. The van der Waals surface area contributed by atoms with Crippen molar-refractivity contribution >= 4 is 10.0 Å². The molecule has 0 aliphatic carbocycles. The maximum atomic E-state index is 12.5. The largest absolute Gasteiger partial charge is 0.241 e. The van der Waals surface area contributed by atoms with Crippen LogP contribution in [-0.4, -0.2) is 8.42 Å². The van der Waals surface area contributed by atoms with Gasteiger partial charge in [-0.1, -0.05) is 54.1 Å². The quantitative estimate of drug-likeness (QED) is 0.829. The first-order valence-electron chi connectivity index (χ1n) is 6.78. The first-order chi connectivity index (χ1) is 10.0. The number of hydrogen-bond donors (Lipinski definition) is 1. The fourth-order valence-electron chi connectivity index (χ4n) is 2.08. The van der Waals surface area contributed by atoms with Crippen LogP contribution in [0.1, 0.15) is 23.6 Å². The van der Waals surface area contributed by atoms with E-state index < -0.39 is 10.0 Å². The van der Waals surface area contributed by atoms with Crippen molar-refractivity contribution < 1.29 is 8.42 Å². The Balaban J connectivity index is 2.27. The molecular formula is C17H19NO2S. The topological polar surface area (TPSA) is 46.2 Å². The zero-order valence-electron chi connectivity index (χ0n) is 12.0. The number of aryl methyl sites for hydroxylation is 1. The van der Waals surface area contributed by atoms with E-state index in [9.17, 15) is 8.42 Å². The van der Waals surface area contributed by atoms with Crippen molar-refractivity contribution in [3.63, 3.8) is 0 Å². The first-order valence-corrected chi connectivity index (χ1v) is 8.26. The predicted molar refractivity (Wildman–Crippen MR) is 85.5 cm³/mol. The van der Waals surface area contributed by atoms with Gasteiger partial charge in [0.15, 0.2) is 0 Å². The van der Waals surface area contributed by atoms with Crippen LogP contribution in [0.15, 0.2) is 72.1 Å². The lowest BCUT2D eigenvalue weighted by atomic mass is 10.1. The number of benzene rings is 2. The lowest BCUT2D eigenvalue weighted by Crippen LogP contribution is -2.28. The van der Waals surface area contributed by atoms with Crippen molar-refractivity contribution in [3.05, 3.63) is 78.4 Å². The zero-order valence-corrected chi connectivity index (χ0v) is 12.8. The summed E-state index contributed by atoms with van der Waals surface area (Å²) in [6.07, 6.45) is 2.25. The highest BCUT2D eigenvalue weighted by Crippen LogP contribution is 2.20. The second-order valence-electron chi connectivity index (χ2n) is 4.92. The molecule has 0 spiro atoms. The van der Waals surface area contributed by atoms with Crippen LogP contribution in [0, 0.1) is 6.92 Å². The maximum absolute atomic E-state index is 12.5. The van der Waals surface area contributed by atoms with Gasteiger partial charge < -0.3 is 0 Å². The summed E-state index contributed by atoms with van der Waals surface area (Å²) in [6, 6.07) is 16.0. The molecule has 0 saturated heterocycles. The molecule has 1 atom stereocenters. The van der Waals surface area contributed by atoms with Gasteiger partial charge in [-0.2, -0.15) is 0 Å². The molecular weight excluding hydrogens is 282 g/mol. The van der Waals surface area contributed by atoms with Gasteiger partial charge in [0, 0.05) is 0 Å². The molecule has 2 rings (SSSR count). The Morgan fingerprint density at radius 1 is 1.10 bits per heavy atom. The Bertz CT molecular complexity index is 691. The average molecular weight is 301 g/mol. The van der Waals surface area contributed by atoms with Crippen LogP contribution in [0.4, 0.5) is 0 Å². The summed E-state index contributed by atoms with van der Waals surface area (Å²) in [5.41, 5.74) is 1.95. The summed E-state index contributed by atoms with van der Waals surface area (Å²) >= 11 is 0. The van der Waals surface area contributed by atoms with Gasteiger partial charge in [0.1, 0.15) is 0 Å². The molecule has 0 amide bonds. The normalized spacial score (nSPS) is 12.8. The van der Waals surface area contributed by atoms with Gasteiger partial charge in [-0.3, -0.25) is 0 Å². The molecule has 0 fully saturated rings. The van der Waals surface area contributed by atoms with E-state index in [2.05, 4.69) is 11.3 Å². The summed E-state index contributed by atoms with van der Waals surface area (Å²) in [4.78, 5) is 0.276. The third-order valence-electron chi connectivity index (χ3n) is 3.23. The third kappa shape index (κ3) is 4.03. The van der Waals surface area contributed by atoms with E-state index in [1.807, 2.05) is 37.3 Å². The first kappa shape index (κ1) is 15.5. The van der Waals surface area contributed by atoms with Gasteiger partial charge in [-0.05, 0) is 31.0 Å². The summed E-state index contributed by atoms with van der Waals surface area (Å²) in [7, 11) is -3.54. The van der Waals surface area contributed by atoms with Gasteiger partial charge in [-0.25, -0.2) is 13.1 Å². The predicted octanol–water partition coefficient (Wildman–Crippen LogP) is 3.59. The van der Waals surface area contributed by atoms with Crippen molar-refractivity contribution in [2.24, 2.45) is 0 Å². The van der Waals surface area contributed by atoms with E-state index in [1.165, 1.54) is 0 Å². The monoisotopic (exact) mass is 301 g/mol. The van der Waals surface area contributed by atoms with Crippen molar-refractivity contribution in [1.29, 1.82) is 0 Å². The molecule has 1 unspecified atom stereocenters. The van der Waals surface area contributed by atoms with Crippen LogP contribution >= 0.6 is 0 Å². The van der Waals surface area contributed by atoms with Crippen molar-refractivity contribution in [2.45, 2.75) is 24.3 Å². The van der Waals surface area contributed by atoms with Gasteiger partial charge in [-0.15, -0.1) is 6.58 Å². The molecule has 0 heterocycles. The van der Waals surface area contributed by atoms with Crippen LogP contribution in [-0.2, 0) is 10.0 Å². The lowest BCUT2D eigenvalue weighted by molar-refractivity contribution is 0.557. The standard InChI is InChI=1S/C17H19NO2S/c1-3-7-17(15-8-5-4-6-9-15)18-21(19,20)16-12-10-14(2)11-13-16/h3-6,8-13,17-18H,1,7H2,2H3. The number of hydrogen-bond acceptors (Lipinski definition) is 2. The van der Waals surface area contributed by atoms with Crippen molar-refractivity contribution in [3.8, 4) is 0 Å². The Kier molecular flexibility index (Phi) is 4.94. The second kappa shape index (κ2) is 6.70. The van der Waals surface area contributed by atoms with Crippen LogP contribution < -0.4 is 4.72 Å². The van der Waals surface area contributed by atoms with Gasteiger partial charge in [0.2, 0.25) is 10.0 Å².